The Labute approximate surface area is 152 Å². The number of nitrogens with one attached hydrogen (secondary N) is 2. The van der Waals surface area contributed by atoms with Crippen molar-refractivity contribution in [1.82, 2.24) is 24.8 Å². The summed E-state index contributed by atoms with van der Waals surface area (Å²) in [5, 5.41) is 3.06. The zero-order valence-corrected chi connectivity index (χ0v) is 15.2. The number of carbonyl (C=O) groups excluding carboxylic acids is 2. The molecule has 2 aromatic heterocycles. The Bertz CT molecular complexity index is 820. The average molecular weight is 355 g/mol. The summed E-state index contributed by atoms with van der Waals surface area (Å²) in [6, 6.07) is 2.14. The lowest BCUT2D eigenvalue weighted by molar-refractivity contribution is -0.140. The summed E-state index contributed by atoms with van der Waals surface area (Å²) < 4.78 is 1.99. The SMILES string of the molecule is Cc1cc[nH]c1C(=O)NC[C@H]1CCC(=O)N(C2CC2)[C@@H]1c1nccn1C. The van der Waals surface area contributed by atoms with E-state index in [-0.39, 0.29) is 23.8 Å². The van der Waals surface area contributed by atoms with Crippen LogP contribution in [-0.4, -0.2) is 43.8 Å². The van der Waals surface area contributed by atoms with Gasteiger partial charge in [0, 0.05) is 50.6 Å². The highest BCUT2D eigenvalue weighted by Gasteiger charge is 2.45. The van der Waals surface area contributed by atoms with Crippen LogP contribution in [0.15, 0.2) is 24.7 Å². The predicted molar refractivity (Wildman–Crippen MR) is 96.4 cm³/mol. The molecule has 3 heterocycles. The molecule has 0 spiro atoms. The maximum absolute atomic E-state index is 12.6. The minimum Gasteiger partial charge on any atom is -0.357 e. The number of amides is 2. The van der Waals surface area contributed by atoms with Crippen molar-refractivity contribution >= 4 is 11.8 Å². The molecular formula is C19H25N5O2. The highest BCUT2D eigenvalue weighted by atomic mass is 16.2. The van der Waals surface area contributed by atoms with Gasteiger partial charge in [0.2, 0.25) is 5.91 Å². The van der Waals surface area contributed by atoms with Gasteiger partial charge in [0.15, 0.2) is 0 Å². The highest BCUT2D eigenvalue weighted by Crippen LogP contribution is 2.42. The normalized spacial score (nSPS) is 23.3. The van der Waals surface area contributed by atoms with E-state index >= 15 is 0 Å². The molecule has 7 heteroatoms. The van der Waals surface area contributed by atoms with Gasteiger partial charge in [-0.25, -0.2) is 4.98 Å². The third-order valence-electron chi connectivity index (χ3n) is 5.53. The molecule has 1 aliphatic heterocycles. The molecule has 0 bridgehead atoms. The molecule has 2 fully saturated rings. The predicted octanol–water partition coefficient (Wildman–Crippen LogP) is 1.93. The van der Waals surface area contributed by atoms with Crippen LogP contribution >= 0.6 is 0 Å². The molecule has 0 radical (unpaired) electrons. The van der Waals surface area contributed by atoms with Crippen LogP contribution in [0.4, 0.5) is 0 Å². The van der Waals surface area contributed by atoms with Crippen LogP contribution in [-0.2, 0) is 11.8 Å². The summed E-state index contributed by atoms with van der Waals surface area (Å²) in [6.07, 6.45) is 8.90. The van der Waals surface area contributed by atoms with Gasteiger partial charge in [-0.1, -0.05) is 0 Å². The third-order valence-corrected chi connectivity index (χ3v) is 5.53. The lowest BCUT2D eigenvalue weighted by Crippen LogP contribution is -2.48. The fourth-order valence-corrected chi connectivity index (χ4v) is 3.98. The van der Waals surface area contributed by atoms with E-state index in [2.05, 4.69) is 15.3 Å². The van der Waals surface area contributed by atoms with E-state index in [1.54, 1.807) is 12.4 Å². The Balaban J connectivity index is 1.55. The van der Waals surface area contributed by atoms with Gasteiger partial charge in [-0.05, 0) is 37.8 Å². The van der Waals surface area contributed by atoms with Gasteiger partial charge < -0.3 is 19.8 Å². The van der Waals surface area contributed by atoms with Crippen molar-refractivity contribution in [3.05, 3.63) is 41.7 Å². The molecule has 4 rings (SSSR count). The Kier molecular flexibility index (Phi) is 4.30. The summed E-state index contributed by atoms with van der Waals surface area (Å²) in [6.45, 7) is 2.45. The molecule has 138 valence electrons. The molecule has 7 nitrogen and oxygen atoms in total. The summed E-state index contributed by atoms with van der Waals surface area (Å²) in [7, 11) is 1.96. The second-order valence-electron chi connectivity index (χ2n) is 7.42. The Morgan fingerprint density at radius 3 is 2.81 bits per heavy atom. The lowest BCUT2D eigenvalue weighted by atomic mass is 9.87. The molecule has 1 saturated heterocycles. The molecule has 2 aliphatic rings. The van der Waals surface area contributed by atoms with Crippen LogP contribution in [0.5, 0.6) is 0 Å². The molecule has 1 aliphatic carbocycles. The standard InChI is InChI=1S/C19H25N5O2/c1-12-7-8-20-16(12)19(26)22-11-13-3-6-15(25)24(14-4-5-14)17(13)18-21-9-10-23(18)2/h7-10,13-14,17,20H,3-6,11H2,1-2H3,(H,22,26)/t13-,17+/m1/s1. The number of rotatable bonds is 5. The van der Waals surface area contributed by atoms with Gasteiger partial charge in [0.1, 0.15) is 11.5 Å². The lowest BCUT2D eigenvalue weighted by Gasteiger charge is -2.41. The topological polar surface area (TPSA) is 83.0 Å². The molecule has 2 atom stereocenters. The first kappa shape index (κ1) is 16.9. The Morgan fingerprint density at radius 1 is 1.38 bits per heavy atom. The van der Waals surface area contributed by atoms with Crippen LogP contribution < -0.4 is 5.32 Å². The second-order valence-corrected chi connectivity index (χ2v) is 7.42. The van der Waals surface area contributed by atoms with Crippen molar-refractivity contribution in [1.29, 1.82) is 0 Å². The fourth-order valence-electron chi connectivity index (χ4n) is 3.98. The van der Waals surface area contributed by atoms with Crippen LogP contribution in [0.3, 0.4) is 0 Å². The van der Waals surface area contributed by atoms with Crippen LogP contribution in [0.25, 0.3) is 0 Å². The smallest absolute Gasteiger partial charge is 0.267 e. The number of carbonyl (C=O) groups is 2. The maximum atomic E-state index is 12.6. The number of hydrogen-bond acceptors (Lipinski definition) is 3. The van der Waals surface area contributed by atoms with Crippen molar-refractivity contribution in [2.24, 2.45) is 13.0 Å². The number of hydrogen-bond donors (Lipinski definition) is 2. The maximum Gasteiger partial charge on any atom is 0.267 e. The largest absolute Gasteiger partial charge is 0.357 e. The van der Waals surface area contributed by atoms with E-state index in [0.29, 0.717) is 24.7 Å². The number of H-pyrrole nitrogens is 1. The molecule has 0 unspecified atom stereocenters. The monoisotopic (exact) mass is 355 g/mol. The van der Waals surface area contributed by atoms with Crippen molar-refractivity contribution in [2.45, 2.75) is 44.7 Å². The average Bonchev–Trinajstić information content (AvgIpc) is 3.23. The second kappa shape index (κ2) is 6.63. The van der Waals surface area contributed by atoms with Gasteiger partial charge >= 0.3 is 0 Å². The summed E-state index contributed by atoms with van der Waals surface area (Å²) in [4.78, 5) is 34.6. The minimum atomic E-state index is -0.0963. The quantitative estimate of drug-likeness (QED) is 0.860. The Morgan fingerprint density at radius 2 is 2.19 bits per heavy atom. The highest BCUT2D eigenvalue weighted by molar-refractivity contribution is 5.93. The van der Waals surface area contributed by atoms with E-state index in [4.69, 9.17) is 0 Å². The van der Waals surface area contributed by atoms with Gasteiger partial charge in [0.05, 0.1) is 6.04 Å². The molecule has 1 saturated carbocycles. The minimum absolute atomic E-state index is 0.0752. The number of imidazole rings is 1. The van der Waals surface area contributed by atoms with Gasteiger partial charge in [-0.3, -0.25) is 9.59 Å². The number of aromatic amines is 1. The van der Waals surface area contributed by atoms with E-state index in [1.807, 2.05) is 35.7 Å². The first-order valence-electron chi connectivity index (χ1n) is 9.27. The zero-order chi connectivity index (χ0) is 18.3. The first-order valence-corrected chi connectivity index (χ1v) is 9.27. The molecule has 0 aromatic carbocycles. The zero-order valence-electron chi connectivity index (χ0n) is 15.2. The fraction of sp³-hybridized carbons (Fsp3) is 0.526. The van der Waals surface area contributed by atoms with E-state index in [9.17, 15) is 9.59 Å². The van der Waals surface area contributed by atoms with E-state index < -0.39 is 0 Å². The van der Waals surface area contributed by atoms with E-state index in [0.717, 1.165) is 30.7 Å². The molecular weight excluding hydrogens is 330 g/mol. The summed E-state index contributed by atoms with van der Waals surface area (Å²) in [5.74, 6) is 1.18. The van der Waals surface area contributed by atoms with Gasteiger partial charge in [0.25, 0.3) is 5.91 Å². The Hall–Kier alpha value is -2.57. The molecule has 2 aromatic rings. The van der Waals surface area contributed by atoms with Gasteiger partial charge in [-0.2, -0.15) is 0 Å². The van der Waals surface area contributed by atoms with E-state index in [1.165, 1.54) is 0 Å². The van der Waals surface area contributed by atoms with Crippen molar-refractivity contribution in [3.63, 3.8) is 0 Å². The van der Waals surface area contributed by atoms with Crippen molar-refractivity contribution < 1.29 is 9.59 Å². The number of piperidine rings is 1. The van der Waals surface area contributed by atoms with Gasteiger partial charge in [-0.15, -0.1) is 0 Å². The molecule has 26 heavy (non-hydrogen) atoms. The van der Waals surface area contributed by atoms with Crippen LogP contribution in [0.2, 0.25) is 0 Å². The van der Waals surface area contributed by atoms with Crippen molar-refractivity contribution in [3.8, 4) is 0 Å². The van der Waals surface area contributed by atoms with Crippen LogP contribution in [0.1, 0.15) is 53.6 Å². The number of likely N-dealkylation sites (tertiary alicyclic amines) is 1. The third kappa shape index (κ3) is 3.02. The summed E-state index contributed by atoms with van der Waals surface area (Å²) >= 11 is 0. The molecule has 2 N–H and O–H groups in total. The molecule has 2 amide bonds. The first-order chi connectivity index (χ1) is 12.6. The number of nitrogens with zero attached hydrogens (tertiary/aromatic N) is 3. The number of aromatic nitrogens is 3. The van der Waals surface area contributed by atoms with Crippen molar-refractivity contribution in [2.75, 3.05) is 6.54 Å². The summed E-state index contributed by atoms with van der Waals surface area (Å²) in [5.41, 5.74) is 1.53. The number of aryl methyl sites for hydroxylation is 2. The van der Waals surface area contributed by atoms with Crippen LogP contribution in [0, 0.1) is 12.8 Å².